The lowest BCUT2D eigenvalue weighted by Gasteiger charge is -2.32. The maximum absolute atomic E-state index is 5.17. The second-order valence-electron chi connectivity index (χ2n) is 5.39. The molecule has 1 aliphatic rings. The summed E-state index contributed by atoms with van der Waals surface area (Å²) in [6.45, 7) is 8.82. The Balaban J connectivity index is 2.35. The lowest BCUT2D eigenvalue weighted by molar-refractivity contribution is 0.112. The average Bonchev–Trinajstić information content (AvgIpc) is 2.95. The van der Waals surface area contributed by atoms with Crippen molar-refractivity contribution in [3.8, 4) is 0 Å². The highest BCUT2D eigenvalue weighted by Crippen LogP contribution is 2.29. The van der Waals surface area contributed by atoms with Crippen LogP contribution in [0.5, 0.6) is 0 Å². The summed E-state index contributed by atoms with van der Waals surface area (Å²) < 4.78 is 5.17. The third kappa shape index (κ3) is 4.96. The van der Waals surface area contributed by atoms with Gasteiger partial charge in [0.15, 0.2) is 0 Å². The van der Waals surface area contributed by atoms with Crippen molar-refractivity contribution in [3.63, 3.8) is 0 Å². The van der Waals surface area contributed by atoms with Crippen molar-refractivity contribution in [3.05, 3.63) is 0 Å². The molecule has 0 amide bonds. The molecule has 15 heavy (non-hydrogen) atoms. The first-order valence-corrected chi connectivity index (χ1v) is 5.96. The van der Waals surface area contributed by atoms with E-state index in [0.717, 1.165) is 25.7 Å². The van der Waals surface area contributed by atoms with Gasteiger partial charge in [-0.15, -0.1) is 0 Å². The third-order valence-corrected chi connectivity index (χ3v) is 2.93. The van der Waals surface area contributed by atoms with Crippen LogP contribution in [0.3, 0.4) is 0 Å². The molecule has 90 valence electrons. The number of hydrogen-bond acceptors (Lipinski definition) is 3. The maximum atomic E-state index is 5.17. The van der Waals surface area contributed by atoms with Gasteiger partial charge in [0.1, 0.15) is 0 Å². The number of nitrogens with one attached hydrogen (secondary N) is 1. The minimum absolute atomic E-state index is 0.352. The zero-order chi connectivity index (χ0) is 11.3. The standard InChI is InChI=1S/C12H26N2O/c1-12(2,9-13-3)10-14(7-8-15-4)11-5-6-11/h11,13H,5-10H2,1-4H3. The zero-order valence-corrected chi connectivity index (χ0v) is 10.7. The molecular weight excluding hydrogens is 188 g/mol. The van der Waals surface area contributed by atoms with Gasteiger partial charge in [0.05, 0.1) is 6.61 Å². The molecule has 0 bridgehead atoms. The molecule has 1 rings (SSSR count). The van der Waals surface area contributed by atoms with Gasteiger partial charge in [0.25, 0.3) is 0 Å². The van der Waals surface area contributed by atoms with Crippen LogP contribution in [-0.4, -0.2) is 51.3 Å². The van der Waals surface area contributed by atoms with E-state index >= 15 is 0 Å². The van der Waals surface area contributed by atoms with Crippen molar-refractivity contribution in [1.29, 1.82) is 0 Å². The first-order valence-electron chi connectivity index (χ1n) is 5.96. The van der Waals surface area contributed by atoms with Gasteiger partial charge >= 0.3 is 0 Å². The van der Waals surface area contributed by atoms with Crippen molar-refractivity contribution in [2.45, 2.75) is 32.7 Å². The van der Waals surface area contributed by atoms with Crippen LogP contribution in [0.25, 0.3) is 0 Å². The Labute approximate surface area is 94.2 Å². The molecule has 1 N–H and O–H groups in total. The summed E-state index contributed by atoms with van der Waals surface area (Å²) in [6, 6.07) is 0.830. The predicted octanol–water partition coefficient (Wildman–Crippen LogP) is 1.34. The lowest BCUT2D eigenvalue weighted by Crippen LogP contribution is -2.42. The SMILES string of the molecule is CNCC(C)(C)CN(CCOC)C1CC1. The Hall–Kier alpha value is -0.120. The summed E-state index contributed by atoms with van der Waals surface area (Å²) in [6.07, 6.45) is 2.75. The van der Waals surface area contributed by atoms with E-state index in [1.807, 2.05) is 7.05 Å². The molecule has 0 aromatic heterocycles. The van der Waals surface area contributed by atoms with E-state index in [1.165, 1.54) is 19.4 Å². The van der Waals surface area contributed by atoms with E-state index in [4.69, 9.17) is 4.74 Å². The summed E-state index contributed by atoms with van der Waals surface area (Å²) in [4.78, 5) is 2.58. The van der Waals surface area contributed by atoms with E-state index in [2.05, 4.69) is 24.1 Å². The van der Waals surface area contributed by atoms with Crippen LogP contribution < -0.4 is 5.32 Å². The highest BCUT2D eigenvalue weighted by Gasteiger charge is 2.32. The lowest BCUT2D eigenvalue weighted by atomic mass is 9.92. The van der Waals surface area contributed by atoms with E-state index < -0.39 is 0 Å². The zero-order valence-electron chi connectivity index (χ0n) is 10.7. The van der Waals surface area contributed by atoms with Crippen molar-refractivity contribution in [1.82, 2.24) is 10.2 Å². The minimum atomic E-state index is 0.352. The van der Waals surface area contributed by atoms with Gasteiger partial charge in [-0.2, -0.15) is 0 Å². The van der Waals surface area contributed by atoms with Crippen LogP contribution in [0.4, 0.5) is 0 Å². The normalized spacial score (nSPS) is 17.4. The Kier molecular flexibility index (Phi) is 5.03. The van der Waals surface area contributed by atoms with Gasteiger partial charge in [-0.25, -0.2) is 0 Å². The number of ether oxygens (including phenoxy) is 1. The van der Waals surface area contributed by atoms with Crippen LogP contribution in [0.2, 0.25) is 0 Å². The Morgan fingerprint density at radius 3 is 2.53 bits per heavy atom. The fourth-order valence-corrected chi connectivity index (χ4v) is 2.12. The Morgan fingerprint density at radius 2 is 2.07 bits per heavy atom. The van der Waals surface area contributed by atoms with E-state index in [0.29, 0.717) is 5.41 Å². The molecule has 0 saturated heterocycles. The second-order valence-corrected chi connectivity index (χ2v) is 5.39. The van der Waals surface area contributed by atoms with Crippen molar-refractivity contribution < 1.29 is 4.74 Å². The van der Waals surface area contributed by atoms with Crippen molar-refractivity contribution in [2.24, 2.45) is 5.41 Å². The van der Waals surface area contributed by atoms with Gasteiger partial charge in [-0.05, 0) is 25.3 Å². The van der Waals surface area contributed by atoms with Gasteiger partial charge < -0.3 is 10.1 Å². The molecule has 0 aliphatic heterocycles. The molecule has 0 spiro atoms. The van der Waals surface area contributed by atoms with Crippen LogP contribution in [0, 0.1) is 5.41 Å². The second kappa shape index (κ2) is 5.83. The van der Waals surface area contributed by atoms with Crippen molar-refractivity contribution >= 4 is 0 Å². The fraction of sp³-hybridized carbons (Fsp3) is 1.00. The van der Waals surface area contributed by atoms with Crippen LogP contribution >= 0.6 is 0 Å². The van der Waals surface area contributed by atoms with Gasteiger partial charge in [-0.1, -0.05) is 13.8 Å². The average molecular weight is 214 g/mol. The van der Waals surface area contributed by atoms with E-state index in [9.17, 15) is 0 Å². The first-order chi connectivity index (χ1) is 7.09. The van der Waals surface area contributed by atoms with Gasteiger partial charge in [0.2, 0.25) is 0 Å². The van der Waals surface area contributed by atoms with Crippen molar-refractivity contribution in [2.75, 3.05) is 40.4 Å². The molecule has 0 unspecified atom stereocenters. The highest BCUT2D eigenvalue weighted by atomic mass is 16.5. The van der Waals surface area contributed by atoms with Gasteiger partial charge in [-0.3, -0.25) is 4.90 Å². The Morgan fingerprint density at radius 1 is 1.40 bits per heavy atom. The molecule has 1 fully saturated rings. The van der Waals surface area contributed by atoms with E-state index in [-0.39, 0.29) is 0 Å². The van der Waals surface area contributed by atoms with E-state index in [1.54, 1.807) is 7.11 Å². The molecule has 1 aliphatic carbocycles. The smallest absolute Gasteiger partial charge is 0.0589 e. The topological polar surface area (TPSA) is 24.5 Å². The maximum Gasteiger partial charge on any atom is 0.0589 e. The molecule has 0 atom stereocenters. The summed E-state index contributed by atoms with van der Waals surface area (Å²) in [5.41, 5.74) is 0.352. The fourth-order valence-electron chi connectivity index (χ4n) is 2.12. The highest BCUT2D eigenvalue weighted by molar-refractivity contribution is 4.88. The summed E-state index contributed by atoms with van der Waals surface area (Å²) in [5, 5.41) is 3.27. The summed E-state index contributed by atoms with van der Waals surface area (Å²) >= 11 is 0. The molecule has 0 radical (unpaired) electrons. The molecule has 3 nitrogen and oxygen atoms in total. The molecule has 0 heterocycles. The monoisotopic (exact) mass is 214 g/mol. The molecule has 3 heteroatoms. The molecular formula is C12H26N2O. The number of hydrogen-bond donors (Lipinski definition) is 1. The molecule has 1 saturated carbocycles. The predicted molar refractivity (Wildman–Crippen MR) is 64.2 cm³/mol. The number of rotatable bonds is 8. The van der Waals surface area contributed by atoms with Crippen LogP contribution in [0.15, 0.2) is 0 Å². The quantitative estimate of drug-likeness (QED) is 0.660. The third-order valence-electron chi connectivity index (χ3n) is 2.93. The van der Waals surface area contributed by atoms with Gasteiger partial charge in [0, 0.05) is 32.8 Å². The largest absolute Gasteiger partial charge is 0.383 e. The molecule has 0 aromatic carbocycles. The summed E-state index contributed by atoms with van der Waals surface area (Å²) in [7, 11) is 3.81. The number of nitrogens with zero attached hydrogens (tertiary/aromatic N) is 1. The molecule has 0 aromatic rings. The first kappa shape index (κ1) is 12.9. The minimum Gasteiger partial charge on any atom is -0.383 e. The van der Waals surface area contributed by atoms with Crippen LogP contribution in [-0.2, 0) is 4.74 Å². The summed E-state index contributed by atoms with van der Waals surface area (Å²) in [5.74, 6) is 0. The Bertz CT molecular complexity index is 178. The van der Waals surface area contributed by atoms with Crippen LogP contribution in [0.1, 0.15) is 26.7 Å². The number of methoxy groups -OCH3 is 1.